The highest BCUT2D eigenvalue weighted by molar-refractivity contribution is 5.74. The lowest BCUT2D eigenvalue weighted by Crippen LogP contribution is -2.46. The van der Waals surface area contributed by atoms with Gasteiger partial charge in [0.1, 0.15) is 11.9 Å². The summed E-state index contributed by atoms with van der Waals surface area (Å²) in [6.07, 6.45) is -0.102. The normalized spacial score (nSPS) is 16.6. The van der Waals surface area contributed by atoms with Crippen molar-refractivity contribution in [3.63, 3.8) is 0 Å². The number of nitriles is 1. The van der Waals surface area contributed by atoms with E-state index in [1.165, 1.54) is 18.5 Å². The second kappa shape index (κ2) is 7.93. The molecule has 0 bridgehead atoms. The molecule has 1 N–H and O–H groups in total. The molecule has 0 amide bonds. The summed E-state index contributed by atoms with van der Waals surface area (Å²) in [5.41, 5.74) is -0.497. The third-order valence-corrected chi connectivity index (χ3v) is 4.72. The van der Waals surface area contributed by atoms with Crippen molar-refractivity contribution >= 4 is 16.9 Å². The minimum Gasteiger partial charge on any atom is -0.354 e. The van der Waals surface area contributed by atoms with Gasteiger partial charge in [-0.1, -0.05) is 0 Å². The van der Waals surface area contributed by atoms with Gasteiger partial charge in [-0.25, -0.2) is 13.8 Å². The predicted molar refractivity (Wildman–Crippen MR) is 104 cm³/mol. The Kier molecular flexibility index (Phi) is 4.53. The number of anilines is 1. The van der Waals surface area contributed by atoms with Crippen LogP contribution in [0.15, 0.2) is 41.5 Å². The van der Waals surface area contributed by atoms with E-state index in [0.717, 1.165) is 11.9 Å². The Hall–Kier alpha value is -3.38. The van der Waals surface area contributed by atoms with Crippen molar-refractivity contribution in [1.29, 1.82) is 5.26 Å². The highest BCUT2D eigenvalue weighted by atomic mass is 19.3. The largest absolute Gasteiger partial charge is 0.354 e. The Morgan fingerprint density at radius 2 is 2.00 bits per heavy atom. The third kappa shape index (κ3) is 4.07. The monoisotopic (exact) mass is 398 g/mol. The second-order valence-corrected chi connectivity index (χ2v) is 6.61. The highest BCUT2D eigenvalue weighted by Gasteiger charge is 2.19. The fourth-order valence-corrected chi connectivity index (χ4v) is 3.19. The van der Waals surface area contributed by atoms with E-state index in [9.17, 15) is 13.6 Å². The van der Waals surface area contributed by atoms with Gasteiger partial charge in [0.25, 0.3) is 12.0 Å². The molecule has 0 atom stereocenters. The van der Waals surface area contributed by atoms with E-state index in [2.05, 4.69) is 15.0 Å². The lowest BCUT2D eigenvalue weighted by atomic mass is 10.2. The molecule has 1 saturated heterocycles. The number of rotatable bonds is 4. The Morgan fingerprint density at radius 1 is 1.21 bits per heavy atom. The number of aromatic amines is 1. The first-order valence-electron chi connectivity index (χ1n) is 9.97. The van der Waals surface area contributed by atoms with Crippen molar-refractivity contribution in [3.8, 4) is 6.07 Å². The van der Waals surface area contributed by atoms with Gasteiger partial charge < -0.3 is 9.88 Å². The number of hydrogen-bond donors (Lipinski definition) is 1. The fourth-order valence-electron chi connectivity index (χ4n) is 3.19. The van der Waals surface area contributed by atoms with Gasteiger partial charge in [-0.05, 0) is 29.8 Å². The van der Waals surface area contributed by atoms with Gasteiger partial charge in [-0.15, -0.1) is 0 Å². The Labute approximate surface area is 168 Å². The standard InChI is InChI=1S/C20H18F2N6O/c21-19(22)15-8-16-17(26-20(15)29)7-14(11-24-16)12-27-3-5-28(6-4-27)18-2-1-13(9-23)10-25-18/h1-2,7-8,10-11,19H,3-6,12H2,(H,26,29)/i12D2. The maximum absolute atomic E-state index is 12.9. The maximum Gasteiger partial charge on any atom is 0.269 e. The number of H-pyrrole nitrogens is 1. The summed E-state index contributed by atoms with van der Waals surface area (Å²) in [5, 5.41) is 8.88. The molecule has 4 heterocycles. The molecule has 1 aliphatic heterocycles. The first kappa shape index (κ1) is 16.6. The fraction of sp³-hybridized carbons (Fsp3) is 0.300. The average Bonchev–Trinajstić information content (AvgIpc) is 2.78. The molecule has 4 rings (SSSR count). The Balaban J connectivity index is 1.53. The van der Waals surface area contributed by atoms with E-state index in [-0.39, 0.29) is 16.6 Å². The SMILES string of the molecule is [2H]C([2H])(c1cnc2cc(C(F)F)c(=O)[nH]c2c1)N1CCN(c2ccc(C#N)cn2)CC1. The number of piperazine rings is 1. The van der Waals surface area contributed by atoms with Crippen LogP contribution in [0.5, 0.6) is 0 Å². The molecule has 0 aromatic carbocycles. The van der Waals surface area contributed by atoms with Gasteiger partial charge in [-0.3, -0.25) is 14.7 Å². The molecule has 0 saturated carbocycles. The molecule has 0 spiro atoms. The van der Waals surface area contributed by atoms with Crippen LogP contribution >= 0.6 is 0 Å². The van der Waals surface area contributed by atoms with Gasteiger partial charge >= 0.3 is 0 Å². The van der Waals surface area contributed by atoms with Crippen LogP contribution in [0, 0.1) is 11.3 Å². The number of fused-ring (bicyclic) bond motifs is 1. The molecule has 29 heavy (non-hydrogen) atoms. The zero-order chi connectivity index (χ0) is 22.2. The van der Waals surface area contributed by atoms with E-state index >= 15 is 0 Å². The lowest BCUT2D eigenvalue weighted by Gasteiger charge is -2.35. The highest BCUT2D eigenvalue weighted by Crippen LogP contribution is 2.19. The van der Waals surface area contributed by atoms with Crippen molar-refractivity contribution in [2.75, 3.05) is 31.1 Å². The minimum atomic E-state index is -2.91. The zero-order valence-corrected chi connectivity index (χ0v) is 15.3. The van der Waals surface area contributed by atoms with Crippen molar-refractivity contribution in [3.05, 3.63) is 63.7 Å². The van der Waals surface area contributed by atoms with Gasteiger partial charge in [0.05, 0.1) is 22.2 Å². The molecule has 9 heteroatoms. The van der Waals surface area contributed by atoms with Crippen molar-refractivity contribution in [2.45, 2.75) is 12.9 Å². The van der Waals surface area contributed by atoms with E-state index in [1.807, 2.05) is 11.0 Å². The summed E-state index contributed by atoms with van der Waals surface area (Å²) in [6, 6.07) is 7.94. The molecular formula is C20H18F2N6O. The number of nitrogens with one attached hydrogen (secondary N) is 1. The molecule has 3 aromatic heterocycles. The van der Waals surface area contributed by atoms with E-state index in [4.69, 9.17) is 8.00 Å². The third-order valence-electron chi connectivity index (χ3n) is 4.72. The van der Waals surface area contributed by atoms with Crippen LogP contribution in [0.4, 0.5) is 14.6 Å². The van der Waals surface area contributed by atoms with Crippen LogP contribution in [0.3, 0.4) is 0 Å². The number of hydrogen-bond acceptors (Lipinski definition) is 6. The molecule has 148 valence electrons. The summed E-state index contributed by atoms with van der Waals surface area (Å²) in [7, 11) is 0. The molecule has 1 fully saturated rings. The van der Waals surface area contributed by atoms with Gasteiger partial charge in [0, 0.05) is 47.8 Å². The lowest BCUT2D eigenvalue weighted by molar-refractivity contribution is 0.150. The number of nitrogens with zero attached hydrogens (tertiary/aromatic N) is 5. The first-order chi connectivity index (χ1) is 14.8. The minimum absolute atomic E-state index is 0.172. The van der Waals surface area contributed by atoms with E-state index in [1.54, 1.807) is 17.0 Å². The van der Waals surface area contributed by atoms with Crippen LogP contribution in [-0.4, -0.2) is 46.0 Å². The molecule has 0 radical (unpaired) electrons. The smallest absolute Gasteiger partial charge is 0.269 e. The van der Waals surface area contributed by atoms with Crippen LogP contribution < -0.4 is 10.5 Å². The van der Waals surface area contributed by atoms with E-state index in [0.29, 0.717) is 31.7 Å². The Bertz CT molecular complexity index is 1200. The zero-order valence-electron chi connectivity index (χ0n) is 17.3. The van der Waals surface area contributed by atoms with Crippen LogP contribution in [0.25, 0.3) is 11.0 Å². The summed E-state index contributed by atoms with van der Waals surface area (Å²) in [6.45, 7) is 0.0206. The summed E-state index contributed by atoms with van der Waals surface area (Å²) in [4.78, 5) is 26.2. The summed E-state index contributed by atoms with van der Waals surface area (Å²) in [5.74, 6) is 0.721. The van der Waals surface area contributed by atoms with Crippen molar-refractivity contribution in [1.82, 2.24) is 19.9 Å². The number of alkyl halides is 2. The number of halogens is 2. The molecule has 1 aliphatic rings. The van der Waals surface area contributed by atoms with Crippen molar-refractivity contribution < 1.29 is 11.5 Å². The van der Waals surface area contributed by atoms with Crippen LogP contribution in [0.2, 0.25) is 0 Å². The topological polar surface area (TPSA) is 88.9 Å². The summed E-state index contributed by atoms with van der Waals surface area (Å²) >= 11 is 0. The molecule has 7 nitrogen and oxygen atoms in total. The average molecular weight is 398 g/mol. The molecule has 0 aliphatic carbocycles. The van der Waals surface area contributed by atoms with Gasteiger partial charge in [0.2, 0.25) is 0 Å². The quantitative estimate of drug-likeness (QED) is 0.726. The number of aromatic nitrogens is 3. The Morgan fingerprint density at radius 3 is 2.66 bits per heavy atom. The summed E-state index contributed by atoms with van der Waals surface area (Å²) < 4.78 is 43.0. The van der Waals surface area contributed by atoms with Crippen LogP contribution in [0.1, 0.15) is 25.9 Å². The predicted octanol–water partition coefficient (Wildman–Crippen LogP) is 2.45. The van der Waals surface area contributed by atoms with Gasteiger partial charge in [-0.2, -0.15) is 5.26 Å². The van der Waals surface area contributed by atoms with Crippen molar-refractivity contribution in [2.24, 2.45) is 0 Å². The maximum atomic E-state index is 12.9. The van der Waals surface area contributed by atoms with Crippen LogP contribution in [-0.2, 0) is 6.50 Å². The number of pyridine rings is 3. The molecule has 0 unspecified atom stereocenters. The molecule has 3 aromatic rings. The molecular weight excluding hydrogens is 378 g/mol. The van der Waals surface area contributed by atoms with Gasteiger partial charge in [0.15, 0.2) is 0 Å². The van der Waals surface area contributed by atoms with E-state index < -0.39 is 24.0 Å². The first-order valence-corrected chi connectivity index (χ1v) is 8.97. The second-order valence-electron chi connectivity index (χ2n) is 6.61.